The zero-order chi connectivity index (χ0) is 27.7. The number of hydrogen-bond acceptors (Lipinski definition) is 6. The van der Waals surface area contributed by atoms with Gasteiger partial charge in [-0.15, -0.1) is 0 Å². The van der Waals surface area contributed by atoms with Crippen molar-refractivity contribution in [3.63, 3.8) is 0 Å². The second-order valence-electron chi connectivity index (χ2n) is 10.5. The molecular formula is C31H38FN3O4. The minimum Gasteiger partial charge on any atom is -0.457 e. The molecule has 39 heavy (non-hydrogen) atoms. The van der Waals surface area contributed by atoms with Crippen molar-refractivity contribution < 1.29 is 23.8 Å². The summed E-state index contributed by atoms with van der Waals surface area (Å²) >= 11 is 0. The summed E-state index contributed by atoms with van der Waals surface area (Å²) in [7, 11) is 0. The Labute approximate surface area is 229 Å². The van der Waals surface area contributed by atoms with E-state index < -0.39 is 11.8 Å². The molecule has 0 aliphatic carbocycles. The number of hydrogen-bond donors (Lipinski definition) is 3. The zero-order valence-corrected chi connectivity index (χ0v) is 22.6. The van der Waals surface area contributed by atoms with Crippen LogP contribution in [0.25, 0.3) is 0 Å². The molecule has 1 fully saturated rings. The van der Waals surface area contributed by atoms with Gasteiger partial charge >= 0.3 is 0 Å². The van der Waals surface area contributed by atoms with E-state index in [0.29, 0.717) is 36.3 Å². The van der Waals surface area contributed by atoms with E-state index in [1.54, 1.807) is 43.3 Å². The third-order valence-corrected chi connectivity index (χ3v) is 6.64. The molecule has 0 radical (unpaired) electrons. The predicted octanol–water partition coefficient (Wildman–Crippen LogP) is 5.17. The lowest BCUT2D eigenvalue weighted by molar-refractivity contribution is -0.123. The average Bonchev–Trinajstić information content (AvgIpc) is 2.91. The Bertz CT molecular complexity index is 1170. The van der Waals surface area contributed by atoms with Crippen molar-refractivity contribution >= 4 is 11.6 Å². The zero-order valence-electron chi connectivity index (χ0n) is 22.6. The minimum atomic E-state index is -1.29. The molecule has 1 heterocycles. The first-order valence-electron chi connectivity index (χ1n) is 13.4. The van der Waals surface area contributed by atoms with Gasteiger partial charge < -0.3 is 19.9 Å². The van der Waals surface area contributed by atoms with Crippen molar-refractivity contribution in [2.24, 2.45) is 5.92 Å². The molecule has 8 heteroatoms. The molecule has 208 valence electrons. The lowest BCUT2D eigenvalue weighted by atomic mass is 9.99. The van der Waals surface area contributed by atoms with E-state index in [0.717, 1.165) is 25.1 Å². The Morgan fingerprint density at radius 2 is 1.74 bits per heavy atom. The van der Waals surface area contributed by atoms with Crippen LogP contribution in [-0.4, -0.2) is 53.9 Å². The van der Waals surface area contributed by atoms with Crippen molar-refractivity contribution in [1.29, 1.82) is 0 Å². The number of benzene rings is 3. The molecule has 3 aromatic rings. The van der Waals surface area contributed by atoms with Crippen LogP contribution in [0.1, 0.15) is 32.3 Å². The summed E-state index contributed by atoms with van der Waals surface area (Å²) in [5.41, 5.74) is 0.287. The number of likely N-dealkylation sites (tertiary alicyclic amines) is 1. The molecule has 0 saturated carbocycles. The summed E-state index contributed by atoms with van der Waals surface area (Å²) in [5, 5.41) is 17.3. The molecule has 3 atom stereocenters. The van der Waals surface area contributed by atoms with Gasteiger partial charge in [0.15, 0.2) is 0 Å². The van der Waals surface area contributed by atoms with Gasteiger partial charge in [-0.25, -0.2) is 4.39 Å². The van der Waals surface area contributed by atoms with Gasteiger partial charge in [0.1, 0.15) is 29.1 Å². The third-order valence-electron chi connectivity index (χ3n) is 6.64. The standard InChI is InChI=1S/C31H38FN3O4/c1-23-7-6-18-35(19-23)22-31(2,37)34-29(21-38-20-24-8-4-3-5-9-24)30(36)33-26-12-16-28(17-13-26)39-27-14-10-25(32)11-15-27/h3-5,8-17,23,29,34,37H,6-7,18-22H2,1-2H3,(H,33,36). The number of halogens is 1. The summed E-state index contributed by atoms with van der Waals surface area (Å²) in [4.78, 5) is 15.6. The van der Waals surface area contributed by atoms with E-state index in [4.69, 9.17) is 9.47 Å². The van der Waals surface area contributed by atoms with E-state index >= 15 is 0 Å². The van der Waals surface area contributed by atoms with Crippen LogP contribution in [0.3, 0.4) is 0 Å². The normalized spacial score (nSPS) is 18.2. The molecular weight excluding hydrogens is 497 g/mol. The van der Waals surface area contributed by atoms with E-state index in [9.17, 15) is 14.3 Å². The Morgan fingerprint density at radius 3 is 2.41 bits per heavy atom. The fraction of sp³-hybridized carbons (Fsp3) is 0.387. The molecule has 1 aliphatic rings. The van der Waals surface area contributed by atoms with Gasteiger partial charge in [0, 0.05) is 18.8 Å². The number of rotatable bonds is 12. The number of ether oxygens (including phenoxy) is 2. The fourth-order valence-electron chi connectivity index (χ4n) is 4.81. The molecule has 1 amide bonds. The number of piperidine rings is 1. The predicted molar refractivity (Wildman–Crippen MR) is 150 cm³/mol. The van der Waals surface area contributed by atoms with Crippen molar-refractivity contribution in [3.8, 4) is 11.5 Å². The SMILES string of the molecule is CC1CCCN(CC(C)(O)NC(COCc2ccccc2)C(=O)Nc2ccc(Oc3ccc(F)cc3)cc2)C1. The second-order valence-corrected chi connectivity index (χ2v) is 10.5. The quantitative estimate of drug-likeness (QED) is 0.278. The van der Waals surface area contributed by atoms with Crippen molar-refractivity contribution in [1.82, 2.24) is 10.2 Å². The van der Waals surface area contributed by atoms with Crippen LogP contribution in [0.15, 0.2) is 78.9 Å². The number of carbonyl (C=O) groups is 1. The maximum absolute atomic E-state index is 13.3. The van der Waals surface area contributed by atoms with Crippen molar-refractivity contribution in [3.05, 3.63) is 90.2 Å². The molecule has 1 aliphatic heterocycles. The Hall–Kier alpha value is -3.30. The van der Waals surface area contributed by atoms with Crippen LogP contribution in [0, 0.1) is 11.7 Å². The van der Waals surface area contributed by atoms with Gasteiger partial charge in [-0.05, 0) is 86.3 Å². The Morgan fingerprint density at radius 1 is 1.08 bits per heavy atom. The summed E-state index contributed by atoms with van der Waals surface area (Å²) < 4.78 is 24.8. The van der Waals surface area contributed by atoms with Crippen LogP contribution in [0.4, 0.5) is 10.1 Å². The third kappa shape index (κ3) is 9.44. The molecule has 4 rings (SSSR count). The molecule has 0 aromatic heterocycles. The first-order valence-corrected chi connectivity index (χ1v) is 13.4. The van der Waals surface area contributed by atoms with Gasteiger partial charge in [0.05, 0.1) is 13.2 Å². The largest absolute Gasteiger partial charge is 0.457 e. The van der Waals surface area contributed by atoms with E-state index in [1.807, 2.05) is 30.3 Å². The highest BCUT2D eigenvalue weighted by Crippen LogP contribution is 2.23. The summed E-state index contributed by atoms with van der Waals surface area (Å²) in [6, 6.07) is 21.6. The van der Waals surface area contributed by atoms with Gasteiger partial charge in [0.25, 0.3) is 0 Å². The smallest absolute Gasteiger partial charge is 0.243 e. The lowest BCUT2D eigenvalue weighted by Gasteiger charge is -2.38. The summed E-state index contributed by atoms with van der Waals surface area (Å²) in [5.74, 6) is 0.999. The molecule has 1 saturated heterocycles. The van der Waals surface area contributed by atoms with Crippen molar-refractivity contribution in [2.45, 2.75) is 45.1 Å². The molecule has 3 aromatic carbocycles. The number of aliphatic hydroxyl groups is 1. The van der Waals surface area contributed by atoms with Crippen LogP contribution in [0.5, 0.6) is 11.5 Å². The van der Waals surface area contributed by atoms with Gasteiger partial charge in [0.2, 0.25) is 5.91 Å². The van der Waals surface area contributed by atoms with Crippen LogP contribution in [0.2, 0.25) is 0 Å². The fourth-order valence-corrected chi connectivity index (χ4v) is 4.81. The maximum Gasteiger partial charge on any atom is 0.243 e. The average molecular weight is 536 g/mol. The first kappa shape index (κ1) is 28.7. The van der Waals surface area contributed by atoms with E-state index in [-0.39, 0.29) is 18.3 Å². The van der Waals surface area contributed by atoms with Crippen LogP contribution in [-0.2, 0) is 16.1 Å². The Kier molecular flexibility index (Phi) is 10.1. The van der Waals surface area contributed by atoms with Gasteiger partial charge in [-0.3, -0.25) is 15.0 Å². The second kappa shape index (κ2) is 13.7. The number of anilines is 1. The van der Waals surface area contributed by atoms with E-state index in [2.05, 4.69) is 22.5 Å². The van der Waals surface area contributed by atoms with E-state index in [1.165, 1.54) is 18.6 Å². The number of β-amino-alcohol motifs (C(OH)–C–C–N with tert-alkyl or cyclic N) is 1. The molecule has 0 spiro atoms. The number of nitrogens with one attached hydrogen (secondary N) is 2. The number of nitrogens with zero attached hydrogens (tertiary/aromatic N) is 1. The number of amides is 1. The van der Waals surface area contributed by atoms with Crippen LogP contribution >= 0.6 is 0 Å². The highest BCUT2D eigenvalue weighted by molar-refractivity contribution is 5.95. The molecule has 3 unspecified atom stereocenters. The molecule has 7 nitrogen and oxygen atoms in total. The highest BCUT2D eigenvalue weighted by Gasteiger charge is 2.32. The first-order chi connectivity index (χ1) is 18.8. The van der Waals surface area contributed by atoms with Crippen molar-refractivity contribution in [2.75, 3.05) is 31.6 Å². The van der Waals surface area contributed by atoms with Gasteiger partial charge in [-0.1, -0.05) is 37.3 Å². The monoisotopic (exact) mass is 535 g/mol. The Balaban J connectivity index is 1.38. The molecule has 0 bridgehead atoms. The maximum atomic E-state index is 13.3. The molecule has 3 N–H and O–H groups in total. The topological polar surface area (TPSA) is 83.1 Å². The van der Waals surface area contributed by atoms with Gasteiger partial charge in [-0.2, -0.15) is 0 Å². The summed E-state index contributed by atoms with van der Waals surface area (Å²) in [6.07, 6.45) is 2.29. The lowest BCUT2D eigenvalue weighted by Crippen LogP contribution is -2.59. The minimum absolute atomic E-state index is 0.0824. The van der Waals surface area contributed by atoms with Crippen LogP contribution < -0.4 is 15.4 Å². The highest BCUT2D eigenvalue weighted by atomic mass is 19.1. The number of carbonyl (C=O) groups excluding carboxylic acids is 1. The summed E-state index contributed by atoms with van der Waals surface area (Å²) in [6.45, 7) is 6.62.